The van der Waals surface area contributed by atoms with Gasteiger partial charge in [-0.3, -0.25) is 4.79 Å². The summed E-state index contributed by atoms with van der Waals surface area (Å²) in [5, 5.41) is 3.28. The van der Waals surface area contributed by atoms with Gasteiger partial charge >= 0.3 is 0 Å². The molecule has 0 aliphatic heterocycles. The number of carbonyl (C=O) groups excluding carboxylic acids is 1. The lowest BCUT2D eigenvalue weighted by atomic mass is 10.2. The lowest BCUT2D eigenvalue weighted by Crippen LogP contribution is -2.39. The molecule has 3 heteroatoms. The van der Waals surface area contributed by atoms with Crippen LogP contribution in [0, 0.1) is 5.92 Å². The Morgan fingerprint density at radius 2 is 2.05 bits per heavy atom. The van der Waals surface area contributed by atoms with Gasteiger partial charge in [-0.05, 0) is 43.9 Å². The number of hydrogen-bond donors (Lipinski definition) is 1. The van der Waals surface area contributed by atoms with Crippen LogP contribution in [0.1, 0.15) is 32.6 Å². The summed E-state index contributed by atoms with van der Waals surface area (Å²) in [5.74, 6) is 0.994. The van der Waals surface area contributed by atoms with E-state index in [0.29, 0.717) is 6.54 Å². The zero-order valence-electron chi connectivity index (χ0n) is 11.8. The minimum absolute atomic E-state index is 0.181. The third kappa shape index (κ3) is 4.67. The van der Waals surface area contributed by atoms with Crippen molar-refractivity contribution in [2.45, 2.75) is 32.6 Å². The molecule has 1 aliphatic rings. The van der Waals surface area contributed by atoms with Gasteiger partial charge in [0.2, 0.25) is 5.91 Å². The van der Waals surface area contributed by atoms with E-state index in [-0.39, 0.29) is 5.91 Å². The molecule has 0 aromatic heterocycles. The first-order chi connectivity index (χ1) is 9.31. The highest BCUT2D eigenvalue weighted by atomic mass is 16.2. The van der Waals surface area contributed by atoms with Gasteiger partial charge in [-0.2, -0.15) is 0 Å². The van der Waals surface area contributed by atoms with Crippen LogP contribution in [0.5, 0.6) is 0 Å². The van der Waals surface area contributed by atoms with Gasteiger partial charge in [-0.15, -0.1) is 0 Å². The van der Waals surface area contributed by atoms with Crippen molar-refractivity contribution in [1.82, 2.24) is 5.32 Å². The molecule has 0 unspecified atom stereocenters. The Morgan fingerprint density at radius 1 is 1.32 bits per heavy atom. The van der Waals surface area contributed by atoms with Crippen LogP contribution in [0.2, 0.25) is 0 Å². The topological polar surface area (TPSA) is 32.3 Å². The minimum atomic E-state index is 0.181. The Balaban J connectivity index is 1.89. The van der Waals surface area contributed by atoms with E-state index in [1.807, 2.05) is 35.2 Å². The van der Waals surface area contributed by atoms with Crippen molar-refractivity contribution in [3.63, 3.8) is 0 Å². The van der Waals surface area contributed by atoms with Crippen LogP contribution >= 0.6 is 0 Å². The molecule has 104 valence electrons. The molecular formula is C16H24N2O. The van der Waals surface area contributed by atoms with Gasteiger partial charge < -0.3 is 10.2 Å². The van der Waals surface area contributed by atoms with E-state index in [4.69, 9.17) is 0 Å². The van der Waals surface area contributed by atoms with Gasteiger partial charge in [0.05, 0.1) is 6.54 Å². The zero-order valence-corrected chi connectivity index (χ0v) is 11.8. The number of amides is 1. The van der Waals surface area contributed by atoms with E-state index >= 15 is 0 Å². The molecule has 0 radical (unpaired) electrons. The number of nitrogens with one attached hydrogen (secondary N) is 1. The standard InChI is InChI=1S/C16H24N2O/c1-2-3-11-18(15-7-5-4-6-8-15)16(19)13-17-12-14-9-10-14/h4-8,14,17H,2-3,9-13H2,1H3. The van der Waals surface area contributed by atoms with Gasteiger partial charge in [0.1, 0.15) is 0 Å². The molecule has 1 aromatic rings. The van der Waals surface area contributed by atoms with Crippen LogP contribution in [0.15, 0.2) is 30.3 Å². The average Bonchev–Trinajstić information content (AvgIpc) is 3.24. The van der Waals surface area contributed by atoms with E-state index in [2.05, 4.69) is 12.2 Å². The predicted molar refractivity (Wildman–Crippen MR) is 79.3 cm³/mol. The van der Waals surface area contributed by atoms with Crippen molar-refractivity contribution in [2.75, 3.05) is 24.5 Å². The smallest absolute Gasteiger partial charge is 0.240 e. The van der Waals surface area contributed by atoms with E-state index in [0.717, 1.165) is 37.5 Å². The Kier molecular flexibility index (Phi) is 5.40. The molecule has 0 bridgehead atoms. The van der Waals surface area contributed by atoms with Crippen molar-refractivity contribution in [2.24, 2.45) is 5.92 Å². The molecule has 3 nitrogen and oxygen atoms in total. The molecule has 1 aliphatic carbocycles. The molecule has 0 atom stereocenters. The SMILES string of the molecule is CCCCN(C(=O)CNCC1CC1)c1ccccc1. The molecular weight excluding hydrogens is 236 g/mol. The number of para-hydroxylation sites is 1. The van der Waals surface area contributed by atoms with Crippen LogP contribution in [0.4, 0.5) is 5.69 Å². The predicted octanol–water partition coefficient (Wildman–Crippen LogP) is 2.82. The third-order valence-corrected chi connectivity index (χ3v) is 3.51. The maximum atomic E-state index is 12.3. The Labute approximate surface area is 116 Å². The maximum absolute atomic E-state index is 12.3. The second kappa shape index (κ2) is 7.29. The highest BCUT2D eigenvalue weighted by Gasteiger charge is 2.21. The van der Waals surface area contributed by atoms with Crippen molar-refractivity contribution in [1.29, 1.82) is 0 Å². The monoisotopic (exact) mass is 260 g/mol. The minimum Gasteiger partial charge on any atom is -0.311 e. The number of benzene rings is 1. The fourth-order valence-corrected chi connectivity index (χ4v) is 2.12. The molecule has 0 saturated heterocycles. The van der Waals surface area contributed by atoms with E-state index < -0.39 is 0 Å². The summed E-state index contributed by atoms with van der Waals surface area (Å²) in [5.41, 5.74) is 1.01. The van der Waals surface area contributed by atoms with Crippen molar-refractivity contribution < 1.29 is 4.79 Å². The highest BCUT2D eigenvalue weighted by Crippen LogP contribution is 2.27. The Bertz CT molecular complexity index is 387. The summed E-state index contributed by atoms with van der Waals surface area (Å²) in [6.07, 6.45) is 4.79. The first-order valence-electron chi connectivity index (χ1n) is 7.37. The summed E-state index contributed by atoms with van der Waals surface area (Å²) in [7, 11) is 0. The van der Waals surface area contributed by atoms with Gasteiger partial charge in [-0.1, -0.05) is 31.5 Å². The summed E-state index contributed by atoms with van der Waals surface area (Å²) in [6.45, 7) is 4.40. The molecule has 0 spiro atoms. The molecule has 1 aromatic carbocycles. The van der Waals surface area contributed by atoms with Crippen molar-refractivity contribution in [3.05, 3.63) is 30.3 Å². The fourth-order valence-electron chi connectivity index (χ4n) is 2.12. The summed E-state index contributed by atoms with van der Waals surface area (Å²) < 4.78 is 0. The number of nitrogens with zero attached hydrogens (tertiary/aromatic N) is 1. The molecule has 19 heavy (non-hydrogen) atoms. The van der Waals surface area contributed by atoms with E-state index in [1.165, 1.54) is 12.8 Å². The molecule has 2 rings (SSSR count). The summed E-state index contributed by atoms with van der Waals surface area (Å²) >= 11 is 0. The molecule has 0 heterocycles. The van der Waals surface area contributed by atoms with E-state index in [1.54, 1.807) is 0 Å². The average molecular weight is 260 g/mol. The maximum Gasteiger partial charge on any atom is 0.240 e. The van der Waals surface area contributed by atoms with E-state index in [9.17, 15) is 4.79 Å². The van der Waals surface area contributed by atoms with Crippen molar-refractivity contribution in [3.8, 4) is 0 Å². The van der Waals surface area contributed by atoms with Gasteiger partial charge in [0.15, 0.2) is 0 Å². The largest absolute Gasteiger partial charge is 0.311 e. The lowest BCUT2D eigenvalue weighted by Gasteiger charge is -2.23. The molecule has 1 saturated carbocycles. The first-order valence-corrected chi connectivity index (χ1v) is 7.37. The van der Waals surface area contributed by atoms with Crippen LogP contribution in [0.25, 0.3) is 0 Å². The number of hydrogen-bond acceptors (Lipinski definition) is 2. The fraction of sp³-hybridized carbons (Fsp3) is 0.562. The third-order valence-electron chi connectivity index (χ3n) is 3.51. The van der Waals surface area contributed by atoms with Crippen molar-refractivity contribution >= 4 is 11.6 Å². The van der Waals surface area contributed by atoms with Crippen LogP contribution in [-0.2, 0) is 4.79 Å². The van der Waals surface area contributed by atoms with Crippen LogP contribution in [0.3, 0.4) is 0 Å². The second-order valence-corrected chi connectivity index (χ2v) is 5.31. The number of unbranched alkanes of at least 4 members (excludes halogenated alkanes) is 1. The Hall–Kier alpha value is -1.35. The quantitative estimate of drug-likeness (QED) is 0.779. The van der Waals surface area contributed by atoms with Gasteiger partial charge in [-0.25, -0.2) is 0 Å². The van der Waals surface area contributed by atoms with Crippen LogP contribution < -0.4 is 10.2 Å². The summed E-state index contributed by atoms with van der Waals surface area (Å²) in [6, 6.07) is 9.97. The zero-order chi connectivity index (χ0) is 13.5. The summed E-state index contributed by atoms with van der Waals surface area (Å²) in [4.78, 5) is 14.2. The number of anilines is 1. The van der Waals surface area contributed by atoms with Crippen LogP contribution in [-0.4, -0.2) is 25.5 Å². The Morgan fingerprint density at radius 3 is 2.68 bits per heavy atom. The second-order valence-electron chi connectivity index (χ2n) is 5.31. The number of rotatable bonds is 8. The first kappa shape index (κ1) is 14.1. The molecule has 1 N–H and O–H groups in total. The lowest BCUT2D eigenvalue weighted by molar-refractivity contribution is -0.117. The van der Waals surface area contributed by atoms with Gasteiger partial charge in [0.25, 0.3) is 0 Å². The highest BCUT2D eigenvalue weighted by molar-refractivity contribution is 5.94. The molecule has 1 fully saturated rings. The molecule has 1 amide bonds. The normalized spacial score (nSPS) is 14.4. The van der Waals surface area contributed by atoms with Gasteiger partial charge in [0, 0.05) is 12.2 Å². The number of carbonyl (C=O) groups is 1.